The molecular formula is C14H16NNaO10. The number of esters is 1. The number of carbonyl (C=O) groups is 5. The molecule has 0 aliphatic carbocycles. The van der Waals surface area contributed by atoms with Gasteiger partial charge in [-0.25, -0.2) is 6.42 Å². The predicted molar refractivity (Wildman–Crippen MR) is 76.1 cm³/mol. The number of nitrogens with one attached hydrogen (secondary N) is 1. The normalized spacial score (nSPS) is 20.1. The van der Waals surface area contributed by atoms with Crippen LogP contribution in [0, 0.1) is 6.42 Å². The van der Waals surface area contributed by atoms with E-state index in [0.29, 0.717) is 6.41 Å². The van der Waals surface area contributed by atoms with E-state index in [1.165, 1.54) is 12.5 Å². The quantitative estimate of drug-likeness (QED) is 0.115. The molecule has 1 rings (SSSR count). The second-order valence-electron chi connectivity index (χ2n) is 4.50. The molecule has 0 spiro atoms. The minimum atomic E-state index is -1.32. The van der Waals surface area contributed by atoms with E-state index in [4.69, 9.17) is 14.2 Å². The van der Waals surface area contributed by atoms with Crippen LogP contribution in [-0.4, -0.2) is 69.9 Å². The van der Waals surface area contributed by atoms with Gasteiger partial charge in [-0.15, -0.1) is 0 Å². The molecule has 138 valence electrons. The molecule has 0 saturated carbocycles. The van der Waals surface area contributed by atoms with Gasteiger partial charge in [-0.3, -0.25) is 24.0 Å². The molecule has 1 aliphatic heterocycles. The summed E-state index contributed by atoms with van der Waals surface area (Å²) in [6, 6.07) is -0.843. The summed E-state index contributed by atoms with van der Waals surface area (Å²) in [7, 11) is 1.13. The average Bonchev–Trinajstić information content (AvgIpc) is 2.63. The van der Waals surface area contributed by atoms with Gasteiger partial charge in [0.25, 0.3) is 25.4 Å². The first-order valence-corrected chi connectivity index (χ1v) is 6.86. The Hall–Kier alpha value is -2.24. The van der Waals surface area contributed by atoms with Gasteiger partial charge in [-0.05, 0) is 0 Å². The Morgan fingerprint density at radius 2 is 1.96 bits per heavy atom. The minimum absolute atomic E-state index is 0. The smallest absolute Gasteiger partial charge is 0.564 e. The molecule has 1 heterocycles. The van der Waals surface area contributed by atoms with Crippen molar-refractivity contribution in [1.29, 1.82) is 0 Å². The molecule has 0 aromatic rings. The summed E-state index contributed by atoms with van der Waals surface area (Å²) >= 11 is 0. The molecule has 26 heavy (non-hydrogen) atoms. The van der Waals surface area contributed by atoms with Crippen molar-refractivity contribution in [3.8, 4) is 0 Å². The first-order chi connectivity index (χ1) is 12.1. The average molecular weight is 381 g/mol. The fourth-order valence-corrected chi connectivity index (χ4v) is 2.13. The third kappa shape index (κ3) is 6.58. The zero-order valence-corrected chi connectivity index (χ0v) is 16.1. The number of ether oxygens (including phenoxy) is 5. The third-order valence-electron chi connectivity index (χ3n) is 3.18. The summed E-state index contributed by atoms with van der Waals surface area (Å²) in [5.74, 6) is -1.04. The molecule has 12 heteroatoms. The number of amides is 1. The molecule has 1 amide bonds. The SMILES string of the molecule is COC(=O)C1=C[CH-][C@@H](NC=O)[C@H]([C@H](OC=O)[C@@H](COC=O)OC=O)O1.[Na+]. The zero-order chi connectivity index (χ0) is 18.7. The van der Waals surface area contributed by atoms with Gasteiger partial charge in [-0.1, -0.05) is 0 Å². The van der Waals surface area contributed by atoms with Crippen LogP contribution in [0.3, 0.4) is 0 Å². The van der Waals surface area contributed by atoms with Crippen LogP contribution >= 0.6 is 0 Å². The van der Waals surface area contributed by atoms with Crippen LogP contribution in [0.25, 0.3) is 0 Å². The summed E-state index contributed by atoms with van der Waals surface area (Å²) < 4.78 is 24.2. The Labute approximate surface area is 170 Å². The Bertz CT molecular complexity index is 526. The van der Waals surface area contributed by atoms with Crippen molar-refractivity contribution in [2.45, 2.75) is 24.4 Å². The van der Waals surface area contributed by atoms with E-state index < -0.39 is 36.9 Å². The molecule has 0 fully saturated rings. The van der Waals surface area contributed by atoms with Crippen LogP contribution < -0.4 is 34.9 Å². The van der Waals surface area contributed by atoms with Crippen LogP contribution in [-0.2, 0) is 47.7 Å². The maximum atomic E-state index is 11.6. The van der Waals surface area contributed by atoms with E-state index in [1.807, 2.05) is 0 Å². The first-order valence-electron chi connectivity index (χ1n) is 6.86. The number of hydrogen-bond donors (Lipinski definition) is 1. The van der Waals surface area contributed by atoms with Gasteiger partial charge in [0.15, 0.2) is 12.2 Å². The monoisotopic (exact) mass is 381 g/mol. The fraction of sp³-hybridized carbons (Fsp3) is 0.429. The van der Waals surface area contributed by atoms with Gasteiger partial charge >= 0.3 is 29.6 Å². The molecule has 0 radical (unpaired) electrons. The van der Waals surface area contributed by atoms with E-state index >= 15 is 0 Å². The Kier molecular flexibility index (Phi) is 11.9. The van der Waals surface area contributed by atoms with E-state index in [-0.39, 0.29) is 54.7 Å². The van der Waals surface area contributed by atoms with Crippen LogP contribution in [0.5, 0.6) is 0 Å². The van der Waals surface area contributed by atoms with Crippen LogP contribution in [0.4, 0.5) is 0 Å². The standard InChI is InChI=1S/C14H16NO10.Na/c1-21-14(20)10-3-2-9(15-5-16)12(25-10)13(24-8-19)11(23-7-18)4-22-6-17;/h2-3,5-9,11-13H,4H2,1H3,(H,15,16);/q-1;+1/t9-,11-,12-,13-;/m1./s1. The number of hydrogen-bond acceptors (Lipinski definition) is 10. The van der Waals surface area contributed by atoms with Crippen LogP contribution in [0.1, 0.15) is 0 Å². The van der Waals surface area contributed by atoms with Crippen molar-refractivity contribution < 1.29 is 77.2 Å². The molecule has 0 unspecified atom stereocenters. The van der Waals surface area contributed by atoms with E-state index in [1.54, 1.807) is 0 Å². The maximum absolute atomic E-state index is 11.6. The molecule has 1 N–H and O–H groups in total. The van der Waals surface area contributed by atoms with Crippen molar-refractivity contribution in [1.82, 2.24) is 5.32 Å². The van der Waals surface area contributed by atoms with Crippen molar-refractivity contribution in [2.24, 2.45) is 0 Å². The van der Waals surface area contributed by atoms with Crippen molar-refractivity contribution in [2.75, 3.05) is 13.7 Å². The molecule has 0 saturated heterocycles. The summed E-state index contributed by atoms with van der Waals surface area (Å²) in [6.07, 6.45) is -0.712. The maximum Gasteiger partial charge on any atom is 1.00 e. The fourth-order valence-electron chi connectivity index (χ4n) is 2.13. The summed E-state index contributed by atoms with van der Waals surface area (Å²) in [4.78, 5) is 54.3. The number of carbonyl (C=O) groups excluding carboxylic acids is 5. The van der Waals surface area contributed by atoms with Gasteiger partial charge in [-0.2, -0.15) is 6.08 Å². The van der Waals surface area contributed by atoms with Gasteiger partial charge in [0.1, 0.15) is 12.7 Å². The largest absolute Gasteiger partial charge is 1.00 e. The van der Waals surface area contributed by atoms with E-state index in [9.17, 15) is 24.0 Å². The van der Waals surface area contributed by atoms with Crippen LogP contribution in [0.2, 0.25) is 0 Å². The number of rotatable bonds is 12. The molecule has 4 atom stereocenters. The summed E-state index contributed by atoms with van der Waals surface area (Å²) in [6.45, 7) is -0.227. The second-order valence-corrected chi connectivity index (χ2v) is 4.50. The van der Waals surface area contributed by atoms with Gasteiger partial charge < -0.3 is 29.0 Å². The molecule has 0 bridgehead atoms. The number of methoxy groups -OCH3 is 1. The molecule has 0 aromatic heterocycles. The Balaban J connectivity index is 0.00000625. The molecule has 11 nitrogen and oxygen atoms in total. The molecular weight excluding hydrogens is 365 g/mol. The van der Waals surface area contributed by atoms with E-state index in [0.717, 1.165) is 7.11 Å². The third-order valence-corrected chi connectivity index (χ3v) is 3.18. The zero-order valence-electron chi connectivity index (χ0n) is 14.1. The minimum Gasteiger partial charge on any atom is -0.564 e. The van der Waals surface area contributed by atoms with Gasteiger partial charge in [0.05, 0.1) is 7.11 Å². The van der Waals surface area contributed by atoms with Crippen molar-refractivity contribution >= 4 is 31.8 Å². The second kappa shape index (κ2) is 13.0. The van der Waals surface area contributed by atoms with E-state index in [2.05, 4.69) is 14.8 Å². The Morgan fingerprint density at radius 3 is 2.50 bits per heavy atom. The molecule has 1 aliphatic rings. The summed E-state index contributed by atoms with van der Waals surface area (Å²) in [5, 5.41) is 2.40. The predicted octanol–water partition coefficient (Wildman–Crippen LogP) is -4.98. The topological polar surface area (TPSA) is 144 Å². The summed E-state index contributed by atoms with van der Waals surface area (Å²) in [5.41, 5.74) is 0. The van der Waals surface area contributed by atoms with Gasteiger partial charge in [0, 0.05) is 11.8 Å². The first kappa shape index (κ1) is 23.8. The van der Waals surface area contributed by atoms with Crippen molar-refractivity contribution in [3.63, 3.8) is 0 Å². The Morgan fingerprint density at radius 1 is 1.27 bits per heavy atom. The molecule has 0 aromatic carbocycles. The van der Waals surface area contributed by atoms with Crippen molar-refractivity contribution in [3.05, 3.63) is 18.3 Å². The van der Waals surface area contributed by atoms with Crippen LogP contribution in [0.15, 0.2) is 11.8 Å². The van der Waals surface area contributed by atoms with Gasteiger partial charge in [0.2, 0.25) is 6.41 Å².